The highest BCUT2D eigenvalue weighted by molar-refractivity contribution is 6.10. The van der Waals surface area contributed by atoms with Gasteiger partial charge in [-0.1, -0.05) is 24.3 Å². The first-order valence-corrected chi connectivity index (χ1v) is 10.7. The number of nitriles is 1. The Hall–Kier alpha value is -4.23. The predicted molar refractivity (Wildman–Crippen MR) is 120 cm³/mol. The van der Waals surface area contributed by atoms with Crippen LogP contribution in [0.3, 0.4) is 0 Å². The van der Waals surface area contributed by atoms with Gasteiger partial charge in [0.25, 0.3) is 5.91 Å². The molecule has 0 fully saturated rings. The number of hydrogen-bond donors (Lipinski definition) is 3. The summed E-state index contributed by atoms with van der Waals surface area (Å²) in [6, 6.07) is 12.9. The van der Waals surface area contributed by atoms with Crippen molar-refractivity contribution in [1.82, 2.24) is 15.5 Å². The molecule has 0 saturated carbocycles. The lowest BCUT2D eigenvalue weighted by Crippen LogP contribution is -2.56. The third-order valence-corrected chi connectivity index (χ3v) is 5.72. The fourth-order valence-corrected chi connectivity index (χ4v) is 4.13. The van der Waals surface area contributed by atoms with Gasteiger partial charge in [0.2, 0.25) is 0 Å². The van der Waals surface area contributed by atoms with E-state index in [-0.39, 0.29) is 31.7 Å². The van der Waals surface area contributed by atoms with Gasteiger partial charge in [0.05, 0.1) is 35.5 Å². The second-order valence-electron chi connectivity index (χ2n) is 7.78. The number of carbonyl (C=O) groups excluding carboxylic acids is 3. The maximum absolute atomic E-state index is 13.5. The highest BCUT2D eigenvalue weighted by Crippen LogP contribution is 2.38. The molecule has 9 nitrogen and oxygen atoms in total. The number of carbonyl (C=O) groups is 3. The average molecular weight is 463 g/mol. The van der Waals surface area contributed by atoms with Crippen LogP contribution in [0.25, 0.3) is 0 Å². The second kappa shape index (κ2) is 9.72. The molecular formula is C24H22FN5O4. The van der Waals surface area contributed by atoms with E-state index in [1.807, 2.05) is 6.07 Å². The number of amides is 5. The number of nitrogens with zero attached hydrogens (tertiary/aromatic N) is 3. The maximum atomic E-state index is 13.5. The number of aliphatic hydroxyl groups is 1. The first kappa shape index (κ1) is 22.9. The molecule has 4 rings (SSSR count). The minimum absolute atomic E-state index is 0.00749. The molecule has 2 aromatic carbocycles. The first-order valence-electron chi connectivity index (χ1n) is 10.7. The van der Waals surface area contributed by atoms with Crippen molar-refractivity contribution in [2.75, 3.05) is 24.6 Å². The van der Waals surface area contributed by atoms with E-state index in [1.54, 1.807) is 42.5 Å². The zero-order valence-corrected chi connectivity index (χ0v) is 18.1. The van der Waals surface area contributed by atoms with Crippen LogP contribution in [-0.2, 0) is 11.5 Å². The lowest BCUT2D eigenvalue weighted by Gasteiger charge is -2.41. The van der Waals surface area contributed by atoms with E-state index in [2.05, 4.69) is 10.6 Å². The van der Waals surface area contributed by atoms with Gasteiger partial charge in [-0.25, -0.2) is 14.0 Å². The van der Waals surface area contributed by atoms with Crippen LogP contribution < -0.4 is 15.5 Å². The van der Waals surface area contributed by atoms with Crippen LogP contribution in [-0.4, -0.2) is 47.7 Å². The van der Waals surface area contributed by atoms with Gasteiger partial charge in [-0.15, -0.1) is 0 Å². The predicted octanol–water partition coefficient (Wildman–Crippen LogP) is 2.49. The van der Waals surface area contributed by atoms with E-state index >= 15 is 0 Å². The molecule has 1 unspecified atom stereocenters. The molecule has 2 heterocycles. The van der Waals surface area contributed by atoms with Crippen molar-refractivity contribution in [3.8, 4) is 6.07 Å². The number of aliphatic hydroxyl groups excluding tert-OH is 1. The van der Waals surface area contributed by atoms with Crippen molar-refractivity contribution < 1.29 is 23.9 Å². The lowest BCUT2D eigenvalue weighted by molar-refractivity contribution is -0.125. The molecule has 2 aromatic rings. The van der Waals surface area contributed by atoms with Gasteiger partial charge < -0.3 is 15.7 Å². The van der Waals surface area contributed by atoms with Crippen LogP contribution >= 0.6 is 0 Å². The number of hydrogen-bond acceptors (Lipinski definition) is 5. The van der Waals surface area contributed by atoms with Gasteiger partial charge >= 0.3 is 12.1 Å². The van der Waals surface area contributed by atoms with Crippen LogP contribution in [0.15, 0.2) is 59.8 Å². The highest BCUT2D eigenvalue weighted by atomic mass is 19.1. The van der Waals surface area contributed by atoms with E-state index in [0.717, 1.165) is 4.90 Å². The van der Waals surface area contributed by atoms with E-state index in [0.29, 0.717) is 28.1 Å². The lowest BCUT2D eigenvalue weighted by atomic mass is 9.89. The van der Waals surface area contributed by atoms with E-state index in [4.69, 9.17) is 10.4 Å². The Morgan fingerprint density at radius 2 is 2.00 bits per heavy atom. The van der Waals surface area contributed by atoms with Crippen molar-refractivity contribution in [3.05, 3.63) is 76.5 Å². The third kappa shape index (κ3) is 4.21. The minimum atomic E-state index is -0.850. The standard InChI is InChI=1S/C24H22FN5O4/c25-13-16-2-1-3-18(12-16)30-19-8-10-29(23(33)27-9-11-31)22(32)20(19)21(28-24(30)34)17-6-4-15(14-26)5-7-17/h1-7,12,21,31H,8-11,13H2,(H,27,33)(H,28,34). The molecule has 0 spiro atoms. The average Bonchev–Trinajstić information content (AvgIpc) is 2.87. The largest absolute Gasteiger partial charge is 0.395 e. The number of nitrogens with one attached hydrogen (secondary N) is 2. The molecule has 0 bridgehead atoms. The number of benzene rings is 2. The molecule has 3 N–H and O–H groups in total. The Morgan fingerprint density at radius 1 is 1.24 bits per heavy atom. The summed E-state index contributed by atoms with van der Waals surface area (Å²) in [6.07, 6.45) is 0.202. The van der Waals surface area contributed by atoms with Gasteiger partial charge in [0.1, 0.15) is 6.67 Å². The Kier molecular flexibility index (Phi) is 6.56. The molecule has 0 saturated heterocycles. The summed E-state index contributed by atoms with van der Waals surface area (Å²) in [5.74, 6) is -0.585. The molecule has 2 aliphatic heterocycles. The Bertz CT molecular complexity index is 1200. The summed E-state index contributed by atoms with van der Waals surface area (Å²) < 4.78 is 13.3. The Morgan fingerprint density at radius 3 is 2.68 bits per heavy atom. The van der Waals surface area contributed by atoms with Crippen molar-refractivity contribution in [1.29, 1.82) is 5.26 Å². The van der Waals surface area contributed by atoms with Crippen LogP contribution in [0.5, 0.6) is 0 Å². The van der Waals surface area contributed by atoms with Gasteiger partial charge in [0, 0.05) is 25.2 Å². The summed E-state index contributed by atoms with van der Waals surface area (Å²) in [4.78, 5) is 41.7. The molecule has 174 valence electrons. The van der Waals surface area contributed by atoms with Crippen molar-refractivity contribution in [3.63, 3.8) is 0 Å². The molecule has 1 atom stereocenters. The zero-order valence-electron chi connectivity index (χ0n) is 18.1. The molecular weight excluding hydrogens is 441 g/mol. The smallest absolute Gasteiger partial charge is 0.327 e. The van der Waals surface area contributed by atoms with Crippen LogP contribution in [0.2, 0.25) is 0 Å². The van der Waals surface area contributed by atoms with Gasteiger partial charge in [-0.05, 0) is 35.4 Å². The summed E-state index contributed by atoms with van der Waals surface area (Å²) >= 11 is 0. The molecule has 0 aromatic heterocycles. The van der Waals surface area contributed by atoms with Crippen molar-refractivity contribution in [2.24, 2.45) is 0 Å². The van der Waals surface area contributed by atoms with Crippen LogP contribution in [0, 0.1) is 11.3 Å². The SMILES string of the molecule is N#Cc1ccc(C2NC(=O)N(c3cccc(CF)c3)C3=C2C(=O)N(C(=O)NCCO)CC3)cc1. The molecule has 0 radical (unpaired) electrons. The minimum Gasteiger partial charge on any atom is -0.395 e. The summed E-state index contributed by atoms with van der Waals surface area (Å²) in [5.41, 5.74) is 2.41. The van der Waals surface area contributed by atoms with Crippen LogP contribution in [0.1, 0.15) is 29.2 Å². The fourth-order valence-electron chi connectivity index (χ4n) is 4.13. The quantitative estimate of drug-likeness (QED) is 0.628. The number of rotatable bonds is 5. The highest BCUT2D eigenvalue weighted by Gasteiger charge is 2.43. The van der Waals surface area contributed by atoms with E-state index in [9.17, 15) is 18.8 Å². The molecule has 5 amide bonds. The summed E-state index contributed by atoms with van der Waals surface area (Å²) in [6.45, 7) is -0.959. The molecule has 10 heteroatoms. The Labute approximate surface area is 195 Å². The van der Waals surface area contributed by atoms with Crippen molar-refractivity contribution >= 4 is 23.7 Å². The normalized spacial score (nSPS) is 17.7. The second-order valence-corrected chi connectivity index (χ2v) is 7.78. The molecule has 0 aliphatic carbocycles. The van der Waals surface area contributed by atoms with Crippen LogP contribution in [0.4, 0.5) is 19.7 Å². The maximum Gasteiger partial charge on any atom is 0.327 e. The van der Waals surface area contributed by atoms with Gasteiger partial charge in [0.15, 0.2) is 0 Å². The molecule has 2 aliphatic rings. The van der Waals surface area contributed by atoms with Crippen molar-refractivity contribution in [2.45, 2.75) is 19.1 Å². The van der Waals surface area contributed by atoms with Gasteiger partial charge in [-0.2, -0.15) is 5.26 Å². The van der Waals surface area contributed by atoms with E-state index in [1.165, 1.54) is 11.0 Å². The summed E-state index contributed by atoms with van der Waals surface area (Å²) in [7, 11) is 0. The molecule has 34 heavy (non-hydrogen) atoms. The number of imide groups is 1. The van der Waals surface area contributed by atoms with E-state index < -0.39 is 30.7 Å². The third-order valence-electron chi connectivity index (χ3n) is 5.72. The number of alkyl halides is 1. The Balaban J connectivity index is 1.81. The number of halogens is 1. The number of urea groups is 2. The topological polar surface area (TPSA) is 126 Å². The first-order chi connectivity index (χ1) is 16.5. The zero-order chi connectivity index (χ0) is 24.2. The fraction of sp³-hybridized carbons (Fsp3) is 0.250. The summed E-state index contributed by atoms with van der Waals surface area (Å²) in [5, 5.41) is 23.4. The van der Waals surface area contributed by atoms with Gasteiger partial charge in [-0.3, -0.25) is 14.6 Å². The monoisotopic (exact) mass is 463 g/mol. The number of anilines is 1.